The van der Waals surface area contributed by atoms with Crippen molar-refractivity contribution >= 4 is 23.2 Å². The summed E-state index contributed by atoms with van der Waals surface area (Å²) >= 11 is 5.96. The van der Waals surface area contributed by atoms with E-state index in [9.17, 15) is 4.79 Å². The Morgan fingerprint density at radius 1 is 1.32 bits per heavy atom. The number of hydrogen-bond donors (Lipinski definition) is 1. The van der Waals surface area contributed by atoms with Crippen LogP contribution in [0.5, 0.6) is 0 Å². The molecule has 0 saturated carbocycles. The lowest BCUT2D eigenvalue weighted by Gasteiger charge is -2.34. The fourth-order valence-electron chi connectivity index (χ4n) is 2.38. The number of nitrogens with zero attached hydrogens (tertiary/aromatic N) is 2. The summed E-state index contributed by atoms with van der Waals surface area (Å²) in [6.07, 6.45) is 1.15. The van der Waals surface area contributed by atoms with Crippen LogP contribution in [0.15, 0.2) is 18.2 Å². The van der Waals surface area contributed by atoms with E-state index < -0.39 is 0 Å². The van der Waals surface area contributed by atoms with Crippen molar-refractivity contribution in [3.63, 3.8) is 0 Å². The average Bonchev–Trinajstić information content (AvgIpc) is 2.42. The van der Waals surface area contributed by atoms with Crippen LogP contribution >= 0.6 is 11.6 Å². The number of carbonyl (C=O) groups excluding carboxylic acids is 1. The van der Waals surface area contributed by atoms with Gasteiger partial charge in [0, 0.05) is 26.2 Å². The number of carbonyl (C=O) groups is 1. The van der Waals surface area contributed by atoms with Crippen LogP contribution in [-0.4, -0.2) is 48.4 Å². The number of para-hydroxylation sites is 1. The molecule has 1 fully saturated rings. The van der Waals surface area contributed by atoms with Crippen molar-refractivity contribution in [2.75, 3.05) is 38.5 Å². The van der Waals surface area contributed by atoms with E-state index in [0.717, 1.165) is 39.1 Å². The number of rotatable bonds is 3. The molecule has 0 atom stereocenters. The Balaban J connectivity index is 2.03. The number of anilines is 1. The molecule has 0 spiro atoms. The van der Waals surface area contributed by atoms with Gasteiger partial charge >= 0.3 is 0 Å². The molecule has 1 aliphatic rings. The van der Waals surface area contributed by atoms with Crippen molar-refractivity contribution < 1.29 is 4.79 Å². The van der Waals surface area contributed by atoms with Crippen LogP contribution in [0.25, 0.3) is 0 Å². The normalized spacial score (nSPS) is 16.6. The first-order chi connectivity index (χ1) is 9.13. The molecule has 5 heteroatoms. The van der Waals surface area contributed by atoms with E-state index in [-0.39, 0.29) is 5.91 Å². The average molecular weight is 282 g/mol. The second-order valence-electron chi connectivity index (χ2n) is 4.83. The van der Waals surface area contributed by atoms with Gasteiger partial charge in [-0.25, -0.2) is 0 Å². The largest absolute Gasteiger partial charge is 0.397 e. The van der Waals surface area contributed by atoms with Gasteiger partial charge in [-0.2, -0.15) is 0 Å². The van der Waals surface area contributed by atoms with E-state index in [1.165, 1.54) is 0 Å². The summed E-state index contributed by atoms with van der Waals surface area (Å²) in [7, 11) is 0. The first-order valence-electron chi connectivity index (χ1n) is 6.69. The number of amides is 1. The van der Waals surface area contributed by atoms with Crippen LogP contribution in [0.1, 0.15) is 23.7 Å². The minimum absolute atomic E-state index is 0.0175. The zero-order valence-corrected chi connectivity index (χ0v) is 12.0. The number of nitrogen functional groups attached to an aromatic ring is 1. The first-order valence-corrected chi connectivity index (χ1v) is 7.07. The van der Waals surface area contributed by atoms with Crippen molar-refractivity contribution in [3.8, 4) is 0 Å². The molecule has 0 bridgehead atoms. The Hall–Kier alpha value is -1.26. The molecule has 1 aromatic carbocycles. The summed E-state index contributed by atoms with van der Waals surface area (Å²) in [5.41, 5.74) is 6.77. The molecule has 2 N–H and O–H groups in total. The minimum atomic E-state index is -0.0175. The lowest BCUT2D eigenvalue weighted by Crippen LogP contribution is -2.48. The van der Waals surface area contributed by atoms with Gasteiger partial charge in [-0.1, -0.05) is 24.6 Å². The van der Waals surface area contributed by atoms with Gasteiger partial charge in [0.05, 0.1) is 16.3 Å². The SMILES string of the molecule is CCCN1CCN(C(=O)c2cccc(Cl)c2N)CC1. The molecular formula is C14H20ClN3O. The topological polar surface area (TPSA) is 49.6 Å². The number of nitrogens with two attached hydrogens (primary N) is 1. The van der Waals surface area contributed by atoms with E-state index in [0.29, 0.717) is 16.3 Å². The van der Waals surface area contributed by atoms with Crippen LogP contribution in [-0.2, 0) is 0 Å². The van der Waals surface area contributed by atoms with Gasteiger partial charge in [0.15, 0.2) is 0 Å². The first kappa shape index (κ1) is 14.2. The van der Waals surface area contributed by atoms with Crippen molar-refractivity contribution in [2.24, 2.45) is 0 Å². The van der Waals surface area contributed by atoms with Gasteiger partial charge in [-0.3, -0.25) is 9.69 Å². The molecule has 1 aliphatic heterocycles. The van der Waals surface area contributed by atoms with E-state index in [4.69, 9.17) is 17.3 Å². The van der Waals surface area contributed by atoms with Crippen LogP contribution in [0, 0.1) is 0 Å². The highest BCUT2D eigenvalue weighted by Crippen LogP contribution is 2.24. The Morgan fingerprint density at radius 3 is 2.63 bits per heavy atom. The molecule has 104 valence electrons. The van der Waals surface area contributed by atoms with E-state index >= 15 is 0 Å². The van der Waals surface area contributed by atoms with Gasteiger partial charge in [0.25, 0.3) is 5.91 Å². The molecule has 2 rings (SSSR count). The van der Waals surface area contributed by atoms with Crippen molar-refractivity contribution in [1.82, 2.24) is 9.80 Å². The molecule has 19 heavy (non-hydrogen) atoms. The van der Waals surface area contributed by atoms with Gasteiger partial charge in [0.2, 0.25) is 0 Å². The van der Waals surface area contributed by atoms with E-state index in [2.05, 4.69) is 11.8 Å². The summed E-state index contributed by atoms with van der Waals surface area (Å²) in [5.74, 6) is -0.0175. The molecule has 0 aliphatic carbocycles. The Kier molecular flexibility index (Phi) is 4.66. The maximum atomic E-state index is 12.4. The fourth-order valence-corrected chi connectivity index (χ4v) is 2.56. The summed E-state index contributed by atoms with van der Waals surface area (Å²) in [5, 5.41) is 0.440. The Morgan fingerprint density at radius 2 is 2.00 bits per heavy atom. The second kappa shape index (κ2) is 6.26. The van der Waals surface area contributed by atoms with Crippen molar-refractivity contribution in [2.45, 2.75) is 13.3 Å². The zero-order valence-electron chi connectivity index (χ0n) is 11.2. The lowest BCUT2D eigenvalue weighted by atomic mass is 10.1. The van der Waals surface area contributed by atoms with Crippen LogP contribution in [0.2, 0.25) is 5.02 Å². The van der Waals surface area contributed by atoms with Gasteiger partial charge in [0.1, 0.15) is 0 Å². The van der Waals surface area contributed by atoms with E-state index in [1.807, 2.05) is 4.90 Å². The summed E-state index contributed by atoms with van der Waals surface area (Å²) in [4.78, 5) is 16.6. The third-order valence-corrected chi connectivity index (χ3v) is 3.81. The molecule has 1 heterocycles. The highest BCUT2D eigenvalue weighted by atomic mass is 35.5. The summed E-state index contributed by atoms with van der Waals surface area (Å²) in [6.45, 7) is 6.64. The van der Waals surface area contributed by atoms with Crippen molar-refractivity contribution in [3.05, 3.63) is 28.8 Å². The third kappa shape index (κ3) is 3.19. The smallest absolute Gasteiger partial charge is 0.256 e. The fraction of sp³-hybridized carbons (Fsp3) is 0.500. The molecule has 1 amide bonds. The maximum Gasteiger partial charge on any atom is 0.256 e. The highest BCUT2D eigenvalue weighted by Gasteiger charge is 2.23. The zero-order chi connectivity index (χ0) is 13.8. The monoisotopic (exact) mass is 281 g/mol. The quantitative estimate of drug-likeness (QED) is 0.863. The Labute approximate surface area is 119 Å². The second-order valence-corrected chi connectivity index (χ2v) is 5.24. The third-order valence-electron chi connectivity index (χ3n) is 3.48. The Bertz CT molecular complexity index is 456. The molecule has 0 radical (unpaired) electrons. The van der Waals surface area contributed by atoms with Crippen LogP contribution in [0.4, 0.5) is 5.69 Å². The minimum Gasteiger partial charge on any atom is -0.397 e. The standard InChI is InChI=1S/C14H20ClN3O/c1-2-6-17-7-9-18(10-8-17)14(19)11-4-3-5-12(15)13(11)16/h3-5H,2,6-10,16H2,1H3. The summed E-state index contributed by atoms with van der Waals surface area (Å²) < 4.78 is 0. The van der Waals surface area contributed by atoms with Gasteiger partial charge < -0.3 is 10.6 Å². The molecule has 4 nitrogen and oxygen atoms in total. The molecule has 1 aromatic rings. The number of benzene rings is 1. The number of halogens is 1. The van der Waals surface area contributed by atoms with E-state index in [1.54, 1.807) is 18.2 Å². The predicted octanol–water partition coefficient (Wildman–Crippen LogP) is 2.09. The number of piperazine rings is 1. The lowest BCUT2D eigenvalue weighted by molar-refractivity contribution is 0.0638. The maximum absolute atomic E-state index is 12.4. The van der Waals surface area contributed by atoms with Crippen molar-refractivity contribution in [1.29, 1.82) is 0 Å². The van der Waals surface area contributed by atoms with Gasteiger partial charge in [-0.05, 0) is 25.1 Å². The highest BCUT2D eigenvalue weighted by molar-refractivity contribution is 6.33. The number of hydrogen-bond acceptors (Lipinski definition) is 3. The molecular weight excluding hydrogens is 262 g/mol. The molecule has 1 saturated heterocycles. The van der Waals surface area contributed by atoms with Crippen LogP contribution < -0.4 is 5.73 Å². The van der Waals surface area contributed by atoms with Gasteiger partial charge in [-0.15, -0.1) is 0 Å². The summed E-state index contributed by atoms with van der Waals surface area (Å²) in [6, 6.07) is 5.20. The predicted molar refractivity (Wildman–Crippen MR) is 78.5 cm³/mol. The van der Waals surface area contributed by atoms with Crippen LogP contribution in [0.3, 0.4) is 0 Å². The molecule has 0 aromatic heterocycles. The molecule has 0 unspecified atom stereocenters.